The second kappa shape index (κ2) is 14.1. The number of hydrogen-bond acceptors (Lipinski definition) is 7. The lowest BCUT2D eigenvalue weighted by Crippen LogP contribution is -2.50. The van der Waals surface area contributed by atoms with Gasteiger partial charge in [0, 0.05) is 31.7 Å². The fraction of sp³-hybridized carbons (Fsp3) is 0.304. The summed E-state index contributed by atoms with van der Waals surface area (Å²) in [6.07, 6.45) is 0. The molecule has 0 bridgehead atoms. The predicted octanol–water partition coefficient (Wildman–Crippen LogP) is 1.98. The number of carbonyl (C=O) groups excluding carboxylic acids is 3. The van der Waals surface area contributed by atoms with Gasteiger partial charge in [0.05, 0.1) is 24.4 Å². The second-order valence-electron chi connectivity index (χ2n) is 7.37. The van der Waals surface area contributed by atoms with Crippen LogP contribution >= 0.6 is 24.8 Å². The number of hydrogen-bond donors (Lipinski definition) is 2. The van der Waals surface area contributed by atoms with E-state index in [0.717, 1.165) is 0 Å². The van der Waals surface area contributed by atoms with Gasteiger partial charge in [-0.05, 0) is 55.5 Å². The molecule has 4 N–H and O–H groups in total. The van der Waals surface area contributed by atoms with E-state index < -0.39 is 5.97 Å². The van der Waals surface area contributed by atoms with Crippen molar-refractivity contribution in [2.75, 3.05) is 39.3 Å². The Morgan fingerprint density at radius 1 is 0.886 bits per heavy atom. The van der Waals surface area contributed by atoms with Gasteiger partial charge in [0.25, 0.3) is 5.91 Å². The fourth-order valence-electron chi connectivity index (χ4n) is 3.33. The molecule has 2 aromatic rings. The molecule has 0 aromatic heterocycles. The van der Waals surface area contributed by atoms with Crippen LogP contribution in [0.15, 0.2) is 53.5 Å². The summed E-state index contributed by atoms with van der Waals surface area (Å²) < 4.78 is 10.3. The van der Waals surface area contributed by atoms with Crippen molar-refractivity contribution >= 4 is 54.3 Å². The molecule has 0 aliphatic carbocycles. The summed E-state index contributed by atoms with van der Waals surface area (Å²) >= 11 is 0. The Hall–Kier alpha value is -3.34. The number of ether oxygens (including phenoxy) is 2. The molecule has 3 rings (SSSR count). The van der Waals surface area contributed by atoms with Crippen LogP contribution in [0.3, 0.4) is 0 Å². The molecule has 2 aromatic carbocycles. The van der Waals surface area contributed by atoms with E-state index in [2.05, 4.69) is 4.99 Å². The molecule has 10 nitrogen and oxygen atoms in total. The minimum atomic E-state index is -0.539. The Kier molecular flexibility index (Phi) is 12.0. The largest absolute Gasteiger partial charge is 0.465 e. The Morgan fingerprint density at radius 3 is 2.00 bits per heavy atom. The summed E-state index contributed by atoms with van der Waals surface area (Å²) in [5.41, 5.74) is 12.0. The highest BCUT2D eigenvalue weighted by molar-refractivity contribution is 5.95. The van der Waals surface area contributed by atoms with Gasteiger partial charge in [0.15, 0.2) is 5.96 Å². The van der Waals surface area contributed by atoms with Crippen LogP contribution in [0.5, 0.6) is 5.75 Å². The van der Waals surface area contributed by atoms with Crippen molar-refractivity contribution in [1.29, 1.82) is 0 Å². The number of guanidine groups is 1. The van der Waals surface area contributed by atoms with Crippen LogP contribution in [-0.2, 0) is 9.53 Å². The number of amides is 1. The molecule has 1 amide bonds. The number of esters is 2. The molecule has 0 saturated carbocycles. The quantitative estimate of drug-likeness (QED) is 0.242. The standard InChI is InChI=1S/C23H27N5O5.2ClH/c1-2-32-20(29)15-27-11-13-28(14-12-27)21(30)16-5-9-19(10-6-16)33-22(31)17-3-7-18(8-4-17)26-23(24)25;;/h3-10H,2,11-15H2,1H3,(H4,24,25,26);2*1H. The van der Waals surface area contributed by atoms with Crippen LogP contribution in [0, 0.1) is 0 Å². The lowest BCUT2D eigenvalue weighted by atomic mass is 10.1. The van der Waals surface area contributed by atoms with Gasteiger partial charge in [-0.2, -0.15) is 0 Å². The highest BCUT2D eigenvalue weighted by atomic mass is 35.5. The van der Waals surface area contributed by atoms with Crippen molar-refractivity contribution in [1.82, 2.24) is 9.80 Å². The van der Waals surface area contributed by atoms with E-state index in [9.17, 15) is 14.4 Å². The van der Waals surface area contributed by atoms with Crippen LogP contribution in [0.2, 0.25) is 0 Å². The zero-order chi connectivity index (χ0) is 23.8. The maximum atomic E-state index is 12.8. The van der Waals surface area contributed by atoms with E-state index in [1.165, 1.54) is 0 Å². The number of carbonyl (C=O) groups is 3. The highest BCUT2D eigenvalue weighted by Gasteiger charge is 2.23. The third-order valence-corrected chi connectivity index (χ3v) is 4.99. The molecular formula is C23H29Cl2N5O5. The zero-order valence-electron chi connectivity index (χ0n) is 19.2. The summed E-state index contributed by atoms with van der Waals surface area (Å²) in [6.45, 7) is 4.59. The molecule has 0 radical (unpaired) electrons. The number of rotatable bonds is 7. The minimum Gasteiger partial charge on any atom is -0.465 e. The third-order valence-electron chi connectivity index (χ3n) is 4.99. The summed E-state index contributed by atoms with van der Waals surface area (Å²) in [6, 6.07) is 12.7. The zero-order valence-corrected chi connectivity index (χ0v) is 20.8. The van der Waals surface area contributed by atoms with E-state index in [1.807, 2.05) is 4.90 Å². The Morgan fingerprint density at radius 2 is 1.46 bits per heavy atom. The third kappa shape index (κ3) is 8.75. The van der Waals surface area contributed by atoms with E-state index in [1.54, 1.807) is 60.4 Å². The monoisotopic (exact) mass is 525 g/mol. The van der Waals surface area contributed by atoms with Crippen LogP contribution < -0.4 is 16.2 Å². The van der Waals surface area contributed by atoms with Gasteiger partial charge in [-0.3, -0.25) is 14.5 Å². The number of aliphatic imine (C=N–C) groups is 1. The topological polar surface area (TPSA) is 141 Å². The molecule has 0 spiro atoms. The summed E-state index contributed by atoms with van der Waals surface area (Å²) in [5, 5.41) is 0. The molecule has 1 heterocycles. The predicted molar refractivity (Wildman–Crippen MR) is 137 cm³/mol. The highest BCUT2D eigenvalue weighted by Crippen LogP contribution is 2.18. The van der Waals surface area contributed by atoms with Crippen LogP contribution in [0.1, 0.15) is 27.6 Å². The molecule has 1 aliphatic rings. The maximum Gasteiger partial charge on any atom is 0.343 e. The van der Waals surface area contributed by atoms with Gasteiger partial charge < -0.3 is 25.8 Å². The Bertz CT molecular complexity index is 1020. The van der Waals surface area contributed by atoms with E-state index in [4.69, 9.17) is 20.9 Å². The SMILES string of the molecule is CCOC(=O)CN1CCN(C(=O)c2ccc(OC(=O)c3ccc(N=C(N)N)cc3)cc2)CC1.Cl.Cl. The van der Waals surface area contributed by atoms with Crippen molar-refractivity contribution in [2.45, 2.75) is 6.92 Å². The molecule has 1 aliphatic heterocycles. The molecule has 12 heteroatoms. The number of benzene rings is 2. The molecule has 35 heavy (non-hydrogen) atoms. The van der Waals surface area contributed by atoms with Crippen molar-refractivity contribution in [3.8, 4) is 5.75 Å². The van der Waals surface area contributed by atoms with Gasteiger partial charge >= 0.3 is 11.9 Å². The maximum absolute atomic E-state index is 12.8. The van der Waals surface area contributed by atoms with Crippen LogP contribution in [0.25, 0.3) is 0 Å². The molecule has 190 valence electrons. The number of nitrogens with two attached hydrogens (primary N) is 2. The second-order valence-corrected chi connectivity index (χ2v) is 7.37. The van der Waals surface area contributed by atoms with Crippen molar-refractivity contribution in [3.05, 3.63) is 59.7 Å². The van der Waals surface area contributed by atoms with Crippen molar-refractivity contribution in [3.63, 3.8) is 0 Å². The van der Waals surface area contributed by atoms with E-state index in [0.29, 0.717) is 55.3 Å². The smallest absolute Gasteiger partial charge is 0.343 e. The Labute approximate surface area is 216 Å². The van der Waals surface area contributed by atoms with Crippen LogP contribution in [-0.4, -0.2) is 72.9 Å². The number of halogens is 2. The minimum absolute atomic E-state index is 0. The summed E-state index contributed by atoms with van der Waals surface area (Å²) in [7, 11) is 0. The average Bonchev–Trinajstić information content (AvgIpc) is 2.80. The normalized spacial score (nSPS) is 13.0. The molecular weight excluding hydrogens is 497 g/mol. The van der Waals surface area contributed by atoms with E-state index >= 15 is 0 Å². The lowest BCUT2D eigenvalue weighted by molar-refractivity contribution is -0.144. The van der Waals surface area contributed by atoms with Gasteiger partial charge in [0.2, 0.25) is 0 Å². The molecule has 0 unspecified atom stereocenters. The molecule has 1 saturated heterocycles. The van der Waals surface area contributed by atoms with Crippen LogP contribution in [0.4, 0.5) is 5.69 Å². The van der Waals surface area contributed by atoms with Gasteiger partial charge in [-0.15, -0.1) is 24.8 Å². The van der Waals surface area contributed by atoms with Gasteiger partial charge in [0.1, 0.15) is 5.75 Å². The molecule has 0 atom stereocenters. The molecule has 1 fully saturated rings. The summed E-state index contributed by atoms with van der Waals surface area (Å²) in [4.78, 5) is 44.3. The number of piperazine rings is 1. The number of nitrogens with zero attached hydrogens (tertiary/aromatic N) is 3. The summed E-state index contributed by atoms with van der Waals surface area (Å²) in [5.74, 6) is -0.656. The van der Waals surface area contributed by atoms with Crippen molar-refractivity contribution in [2.24, 2.45) is 16.5 Å². The van der Waals surface area contributed by atoms with Gasteiger partial charge in [-0.1, -0.05) is 0 Å². The van der Waals surface area contributed by atoms with Gasteiger partial charge in [-0.25, -0.2) is 9.79 Å². The fourth-order valence-corrected chi connectivity index (χ4v) is 3.33. The lowest BCUT2D eigenvalue weighted by Gasteiger charge is -2.34. The Balaban J connectivity index is 0.00000306. The first-order chi connectivity index (χ1) is 15.9. The first-order valence-electron chi connectivity index (χ1n) is 10.5. The first-order valence-corrected chi connectivity index (χ1v) is 10.5. The van der Waals surface area contributed by atoms with E-state index in [-0.39, 0.29) is 49.2 Å². The first kappa shape index (κ1) is 29.7. The van der Waals surface area contributed by atoms with Crippen molar-refractivity contribution < 1.29 is 23.9 Å². The average molecular weight is 526 g/mol.